The molecular weight excluding hydrogens is 304 g/mol. The second-order valence-corrected chi connectivity index (χ2v) is 4.43. The second kappa shape index (κ2) is 4.02. The summed E-state index contributed by atoms with van der Waals surface area (Å²) < 4.78 is 11.3. The van der Waals surface area contributed by atoms with Crippen molar-refractivity contribution in [1.29, 1.82) is 0 Å². The van der Waals surface area contributed by atoms with Gasteiger partial charge in [0, 0.05) is 5.56 Å². The normalized spacial score (nSPS) is 12.7. The third-order valence-electron chi connectivity index (χ3n) is 2.56. The summed E-state index contributed by atoms with van der Waals surface area (Å²) in [7, 11) is 0. The molecule has 6 nitrogen and oxygen atoms in total. The van der Waals surface area contributed by atoms with Gasteiger partial charge in [0.05, 0.1) is 10.2 Å². The second-order valence-electron chi connectivity index (χ2n) is 3.63. The molecule has 0 aliphatic carbocycles. The van der Waals surface area contributed by atoms with Crippen LogP contribution in [0.2, 0.25) is 0 Å². The van der Waals surface area contributed by atoms with E-state index in [1.807, 2.05) is 0 Å². The number of aromatic carboxylic acids is 1. The van der Waals surface area contributed by atoms with E-state index in [4.69, 9.17) is 14.6 Å². The number of hydrogen-bond donors (Lipinski definition) is 2. The number of carboxylic acids is 1. The number of nitrogens with zero attached hydrogens (tertiary/aromatic N) is 1. The number of aromatic nitrogens is 2. The Kier molecular flexibility index (Phi) is 2.48. The minimum atomic E-state index is -1.05. The van der Waals surface area contributed by atoms with Crippen molar-refractivity contribution in [1.82, 2.24) is 10.2 Å². The highest BCUT2D eigenvalue weighted by Crippen LogP contribution is 2.44. The van der Waals surface area contributed by atoms with Crippen LogP contribution in [0, 0.1) is 0 Å². The van der Waals surface area contributed by atoms with Crippen LogP contribution < -0.4 is 9.47 Å². The topological polar surface area (TPSA) is 84.4 Å². The molecule has 0 radical (unpaired) electrons. The van der Waals surface area contributed by atoms with E-state index >= 15 is 0 Å². The largest absolute Gasteiger partial charge is 0.477 e. The van der Waals surface area contributed by atoms with Gasteiger partial charge in [-0.25, -0.2) is 4.79 Å². The standard InChI is InChI=1S/C11H7BrN2O4/c12-9-5(1-2-8-10(9)18-4-17-8)6-3-7(11(15)16)14-13-6/h1-3H,4H2,(H,13,14)(H,15,16). The fourth-order valence-corrected chi connectivity index (χ4v) is 2.35. The minimum Gasteiger partial charge on any atom is -0.477 e. The predicted octanol–water partition coefficient (Wildman–Crippen LogP) is 2.27. The summed E-state index contributed by atoms with van der Waals surface area (Å²) >= 11 is 3.41. The quantitative estimate of drug-likeness (QED) is 0.889. The van der Waals surface area contributed by atoms with Crippen LogP contribution in [0.1, 0.15) is 10.5 Å². The van der Waals surface area contributed by atoms with Gasteiger partial charge < -0.3 is 14.6 Å². The minimum absolute atomic E-state index is 0.0366. The summed E-state index contributed by atoms with van der Waals surface area (Å²) in [6.07, 6.45) is 0. The van der Waals surface area contributed by atoms with Crippen LogP contribution >= 0.6 is 15.9 Å². The highest BCUT2D eigenvalue weighted by atomic mass is 79.9. The summed E-state index contributed by atoms with van der Waals surface area (Å²) in [6, 6.07) is 5.02. The van der Waals surface area contributed by atoms with Crippen molar-refractivity contribution >= 4 is 21.9 Å². The number of hydrogen-bond acceptors (Lipinski definition) is 4. The molecule has 1 aromatic heterocycles. The van der Waals surface area contributed by atoms with Gasteiger partial charge in [-0.1, -0.05) is 0 Å². The number of aromatic amines is 1. The number of carbonyl (C=O) groups is 1. The average molecular weight is 311 g/mol. The Hall–Kier alpha value is -2.02. The maximum atomic E-state index is 10.8. The van der Waals surface area contributed by atoms with Crippen molar-refractivity contribution < 1.29 is 19.4 Å². The molecule has 18 heavy (non-hydrogen) atoms. The van der Waals surface area contributed by atoms with Crippen molar-refractivity contribution in [2.24, 2.45) is 0 Å². The number of carboxylic acid groups (broad SMARTS) is 1. The predicted molar refractivity (Wildman–Crippen MR) is 64.8 cm³/mol. The van der Waals surface area contributed by atoms with Crippen LogP contribution in [-0.4, -0.2) is 28.1 Å². The molecule has 2 aromatic rings. The maximum Gasteiger partial charge on any atom is 0.353 e. The van der Waals surface area contributed by atoms with Gasteiger partial charge in [-0.2, -0.15) is 5.10 Å². The van der Waals surface area contributed by atoms with Gasteiger partial charge in [0.2, 0.25) is 6.79 Å². The molecule has 0 saturated carbocycles. The van der Waals surface area contributed by atoms with Gasteiger partial charge in [0.25, 0.3) is 0 Å². The molecule has 2 N–H and O–H groups in total. The van der Waals surface area contributed by atoms with Crippen molar-refractivity contribution in [3.05, 3.63) is 28.4 Å². The monoisotopic (exact) mass is 310 g/mol. The summed E-state index contributed by atoms with van der Waals surface area (Å²) in [5.41, 5.74) is 1.30. The molecule has 1 aliphatic rings. The Labute approximate surface area is 110 Å². The number of rotatable bonds is 2. The zero-order valence-electron chi connectivity index (χ0n) is 8.94. The van der Waals surface area contributed by atoms with E-state index in [0.717, 1.165) is 5.56 Å². The fraction of sp³-hybridized carbons (Fsp3) is 0.0909. The van der Waals surface area contributed by atoms with Gasteiger partial charge in [0.15, 0.2) is 11.5 Å². The molecule has 0 unspecified atom stereocenters. The third kappa shape index (κ3) is 1.63. The van der Waals surface area contributed by atoms with Crippen molar-refractivity contribution in [3.8, 4) is 22.8 Å². The lowest BCUT2D eigenvalue weighted by atomic mass is 10.1. The van der Waals surface area contributed by atoms with E-state index in [0.29, 0.717) is 21.7 Å². The average Bonchev–Trinajstić information content (AvgIpc) is 2.97. The van der Waals surface area contributed by atoms with E-state index in [9.17, 15) is 4.79 Å². The van der Waals surface area contributed by atoms with Gasteiger partial charge in [-0.3, -0.25) is 5.10 Å². The molecular formula is C11H7BrN2O4. The molecule has 2 heterocycles. The first-order valence-corrected chi connectivity index (χ1v) is 5.83. The van der Waals surface area contributed by atoms with Crippen molar-refractivity contribution in [2.45, 2.75) is 0 Å². The molecule has 7 heteroatoms. The van der Waals surface area contributed by atoms with Crippen molar-refractivity contribution in [2.75, 3.05) is 6.79 Å². The van der Waals surface area contributed by atoms with Crippen LogP contribution in [0.25, 0.3) is 11.3 Å². The molecule has 0 amide bonds. The number of ether oxygens (including phenoxy) is 2. The van der Waals surface area contributed by atoms with E-state index in [-0.39, 0.29) is 12.5 Å². The molecule has 1 aliphatic heterocycles. The Morgan fingerprint density at radius 3 is 3.00 bits per heavy atom. The molecule has 0 bridgehead atoms. The van der Waals surface area contributed by atoms with Crippen LogP contribution in [0.5, 0.6) is 11.5 Å². The summed E-state index contributed by atoms with van der Waals surface area (Å²) in [5, 5.41) is 15.3. The summed E-state index contributed by atoms with van der Waals surface area (Å²) in [4.78, 5) is 10.8. The highest BCUT2D eigenvalue weighted by molar-refractivity contribution is 9.10. The van der Waals surface area contributed by atoms with Crippen LogP contribution in [0.4, 0.5) is 0 Å². The number of fused-ring (bicyclic) bond motifs is 1. The highest BCUT2D eigenvalue weighted by Gasteiger charge is 2.21. The van der Waals surface area contributed by atoms with Crippen LogP contribution in [-0.2, 0) is 0 Å². The van der Waals surface area contributed by atoms with Gasteiger partial charge in [0.1, 0.15) is 5.69 Å². The number of nitrogens with one attached hydrogen (secondary N) is 1. The number of halogens is 1. The lowest BCUT2D eigenvalue weighted by molar-refractivity contribution is 0.0690. The molecule has 0 atom stereocenters. The van der Waals surface area contributed by atoms with Crippen molar-refractivity contribution in [3.63, 3.8) is 0 Å². The molecule has 3 rings (SSSR count). The third-order valence-corrected chi connectivity index (χ3v) is 3.35. The fourth-order valence-electron chi connectivity index (χ4n) is 1.71. The molecule has 92 valence electrons. The van der Waals surface area contributed by atoms with Crippen LogP contribution in [0.3, 0.4) is 0 Å². The SMILES string of the molecule is O=C(O)c1cc(-c2ccc3c(c2Br)OCO3)n[nH]1. The first kappa shape index (κ1) is 11.1. The molecule has 0 saturated heterocycles. The van der Waals surface area contributed by atoms with E-state index in [1.54, 1.807) is 12.1 Å². The Bertz CT molecular complexity index is 638. The van der Waals surface area contributed by atoms with Gasteiger partial charge in [-0.15, -0.1) is 0 Å². The van der Waals surface area contributed by atoms with Gasteiger partial charge >= 0.3 is 5.97 Å². The van der Waals surface area contributed by atoms with Crippen LogP contribution in [0.15, 0.2) is 22.7 Å². The maximum absolute atomic E-state index is 10.8. The first-order valence-electron chi connectivity index (χ1n) is 5.04. The first-order chi connectivity index (χ1) is 8.66. The molecule has 0 fully saturated rings. The number of benzene rings is 1. The van der Waals surface area contributed by atoms with E-state index in [1.165, 1.54) is 6.07 Å². The smallest absolute Gasteiger partial charge is 0.353 e. The molecule has 1 aromatic carbocycles. The number of H-pyrrole nitrogens is 1. The van der Waals surface area contributed by atoms with E-state index < -0.39 is 5.97 Å². The Morgan fingerprint density at radius 2 is 2.28 bits per heavy atom. The summed E-state index contributed by atoms with van der Waals surface area (Å²) in [5.74, 6) is 0.206. The lowest BCUT2D eigenvalue weighted by Gasteiger charge is -2.04. The van der Waals surface area contributed by atoms with Gasteiger partial charge in [-0.05, 0) is 34.1 Å². The zero-order valence-corrected chi connectivity index (χ0v) is 10.5. The van der Waals surface area contributed by atoms with E-state index in [2.05, 4.69) is 26.1 Å². The summed E-state index contributed by atoms with van der Waals surface area (Å²) in [6.45, 7) is 0.179. The Morgan fingerprint density at radius 1 is 1.44 bits per heavy atom. The lowest BCUT2D eigenvalue weighted by Crippen LogP contribution is -1.95. The Balaban J connectivity index is 2.09. The molecule has 0 spiro atoms. The zero-order chi connectivity index (χ0) is 12.7.